The van der Waals surface area contributed by atoms with Crippen LogP contribution in [0.1, 0.15) is 49.5 Å². The zero-order chi connectivity index (χ0) is 25.4. The number of rotatable bonds is 4. The number of pyridine rings is 1. The Morgan fingerprint density at radius 3 is 2.89 bits per heavy atom. The van der Waals surface area contributed by atoms with E-state index in [4.69, 9.17) is 14.6 Å². The molecule has 0 aromatic carbocycles. The Bertz CT molecular complexity index is 1400. The molecule has 190 valence electrons. The Morgan fingerprint density at radius 2 is 2.11 bits per heavy atom. The fourth-order valence-electron chi connectivity index (χ4n) is 4.61. The molecule has 1 aliphatic rings. The summed E-state index contributed by atoms with van der Waals surface area (Å²) < 4.78 is 14.1. The zero-order valence-corrected chi connectivity index (χ0v) is 21.2. The van der Waals surface area contributed by atoms with Gasteiger partial charge >= 0.3 is 0 Å². The third-order valence-corrected chi connectivity index (χ3v) is 6.34. The quantitative estimate of drug-likeness (QED) is 0.396. The standard InChI is InChI=1S/C25H32N8O3/c1-6-35-24-17-7-8-19-18-9-20(26-10-21(18)29-28-19)23-16(4)27-30-25(23)36-15(3)11-32(5)12-22(17)33(31-24)14(2)13-34/h7-10,14-15,34H,6,11-13H2,1-5H3,(H,27,30)(H,28,29)/b8-7+/t14-,15+/m0/s1. The molecule has 0 spiro atoms. The number of nitrogens with one attached hydrogen (secondary N) is 2. The molecule has 0 unspecified atom stereocenters. The number of ether oxygens (including phenoxy) is 2. The normalized spacial score (nSPS) is 18.2. The van der Waals surface area contributed by atoms with Crippen LogP contribution in [0.2, 0.25) is 0 Å². The van der Waals surface area contributed by atoms with Crippen molar-refractivity contribution in [3.05, 3.63) is 34.9 Å². The summed E-state index contributed by atoms with van der Waals surface area (Å²) in [5.74, 6) is 1.05. The molecular weight excluding hydrogens is 460 g/mol. The van der Waals surface area contributed by atoms with Crippen LogP contribution in [-0.2, 0) is 6.54 Å². The van der Waals surface area contributed by atoms with E-state index in [0.29, 0.717) is 31.5 Å². The molecule has 11 heteroatoms. The largest absolute Gasteiger partial charge is 0.476 e. The van der Waals surface area contributed by atoms with Gasteiger partial charge in [0.05, 0.1) is 59.2 Å². The number of likely N-dealkylation sites (N-methyl/N-ethyl adjacent to an activating group) is 1. The van der Waals surface area contributed by atoms with Gasteiger partial charge in [0.25, 0.3) is 0 Å². The molecule has 5 rings (SSSR count). The predicted octanol–water partition coefficient (Wildman–Crippen LogP) is 3.19. The van der Waals surface area contributed by atoms with Gasteiger partial charge in [0.2, 0.25) is 11.8 Å². The molecule has 4 aromatic heterocycles. The lowest BCUT2D eigenvalue weighted by Crippen LogP contribution is -2.32. The summed E-state index contributed by atoms with van der Waals surface area (Å²) in [4.78, 5) is 6.81. The van der Waals surface area contributed by atoms with Gasteiger partial charge in [-0.15, -0.1) is 10.2 Å². The highest BCUT2D eigenvalue weighted by Gasteiger charge is 2.24. The molecule has 1 aliphatic heterocycles. The van der Waals surface area contributed by atoms with E-state index in [0.717, 1.165) is 44.8 Å². The number of aromatic nitrogens is 7. The van der Waals surface area contributed by atoms with Crippen LogP contribution in [0.4, 0.5) is 0 Å². The molecule has 0 radical (unpaired) electrons. The molecule has 2 atom stereocenters. The van der Waals surface area contributed by atoms with Gasteiger partial charge in [0, 0.05) is 24.2 Å². The predicted molar refractivity (Wildman–Crippen MR) is 137 cm³/mol. The van der Waals surface area contributed by atoms with Crippen LogP contribution in [0.3, 0.4) is 0 Å². The average Bonchev–Trinajstić information content (AvgIpc) is 3.52. The van der Waals surface area contributed by atoms with Gasteiger partial charge in [-0.1, -0.05) is 0 Å². The van der Waals surface area contributed by atoms with E-state index < -0.39 is 0 Å². The third kappa shape index (κ3) is 4.35. The molecule has 0 saturated carbocycles. The minimum atomic E-state index is -0.208. The second kappa shape index (κ2) is 9.75. The van der Waals surface area contributed by atoms with E-state index in [1.54, 1.807) is 6.20 Å². The average molecular weight is 493 g/mol. The Kier molecular flexibility index (Phi) is 6.50. The third-order valence-electron chi connectivity index (χ3n) is 6.34. The maximum Gasteiger partial charge on any atom is 0.242 e. The van der Waals surface area contributed by atoms with Crippen molar-refractivity contribution in [1.29, 1.82) is 0 Å². The number of fused-ring (bicyclic) bond motifs is 4. The van der Waals surface area contributed by atoms with E-state index >= 15 is 0 Å². The Balaban J connectivity index is 1.70. The van der Waals surface area contributed by atoms with Crippen molar-refractivity contribution in [3.63, 3.8) is 0 Å². The SMILES string of the molecule is CCOc1nn([C@@H](C)CO)c2c1/C=C/c1n[nH]c3cnc(cc13)-c1c(n[nH]c1C)O[C@H](C)CN(C)C2. The molecule has 5 heterocycles. The fourth-order valence-corrected chi connectivity index (χ4v) is 4.61. The number of aromatic amines is 2. The monoisotopic (exact) mass is 492 g/mol. The Morgan fingerprint density at radius 1 is 1.28 bits per heavy atom. The van der Waals surface area contributed by atoms with Crippen LogP contribution in [0.15, 0.2) is 12.3 Å². The van der Waals surface area contributed by atoms with Crippen molar-refractivity contribution in [2.45, 2.75) is 46.4 Å². The van der Waals surface area contributed by atoms with Crippen LogP contribution in [0, 0.1) is 6.92 Å². The first-order valence-corrected chi connectivity index (χ1v) is 12.2. The molecule has 0 amide bonds. The molecule has 0 saturated heterocycles. The van der Waals surface area contributed by atoms with E-state index in [1.165, 1.54) is 0 Å². The minimum absolute atomic E-state index is 0.0340. The minimum Gasteiger partial charge on any atom is -0.476 e. The van der Waals surface area contributed by atoms with Gasteiger partial charge in [0.1, 0.15) is 6.10 Å². The van der Waals surface area contributed by atoms with Crippen molar-refractivity contribution in [1.82, 2.24) is 40.1 Å². The number of hydrogen-bond acceptors (Lipinski definition) is 8. The molecule has 0 aliphatic carbocycles. The summed E-state index contributed by atoms with van der Waals surface area (Å²) >= 11 is 0. The van der Waals surface area contributed by atoms with Crippen molar-refractivity contribution < 1.29 is 14.6 Å². The lowest BCUT2D eigenvalue weighted by molar-refractivity contribution is 0.150. The number of aliphatic hydroxyl groups excluding tert-OH is 1. The summed E-state index contributed by atoms with van der Waals surface area (Å²) in [5, 5.41) is 30.6. The number of H-pyrrole nitrogens is 2. The summed E-state index contributed by atoms with van der Waals surface area (Å²) in [6.07, 6.45) is 5.58. The van der Waals surface area contributed by atoms with Gasteiger partial charge < -0.3 is 14.6 Å². The van der Waals surface area contributed by atoms with E-state index in [9.17, 15) is 5.11 Å². The highest BCUT2D eigenvalue weighted by Crippen LogP contribution is 2.34. The highest BCUT2D eigenvalue weighted by molar-refractivity contribution is 5.92. The molecule has 3 N–H and O–H groups in total. The van der Waals surface area contributed by atoms with Gasteiger partial charge in [-0.2, -0.15) is 5.10 Å². The van der Waals surface area contributed by atoms with Crippen molar-refractivity contribution >= 4 is 23.1 Å². The Hall–Kier alpha value is -3.70. The van der Waals surface area contributed by atoms with E-state index in [-0.39, 0.29) is 18.8 Å². The number of aliphatic hydroxyl groups is 1. The first-order valence-electron chi connectivity index (χ1n) is 12.2. The summed E-state index contributed by atoms with van der Waals surface area (Å²) in [5.41, 5.74) is 5.89. The van der Waals surface area contributed by atoms with Crippen LogP contribution in [0.25, 0.3) is 34.3 Å². The summed E-state index contributed by atoms with van der Waals surface area (Å²) in [6, 6.07) is 1.79. The molecule has 2 bridgehead atoms. The van der Waals surface area contributed by atoms with Gasteiger partial charge in [-0.3, -0.25) is 24.8 Å². The molecule has 11 nitrogen and oxygen atoms in total. The maximum atomic E-state index is 9.91. The Labute approximate surface area is 209 Å². The molecular formula is C25H32N8O3. The summed E-state index contributed by atoms with van der Waals surface area (Å²) in [6.45, 7) is 9.52. The number of nitrogens with zero attached hydrogens (tertiary/aromatic N) is 6. The van der Waals surface area contributed by atoms with Gasteiger partial charge in [-0.05, 0) is 53.0 Å². The second-order valence-corrected chi connectivity index (χ2v) is 9.29. The molecule has 36 heavy (non-hydrogen) atoms. The van der Waals surface area contributed by atoms with E-state index in [1.807, 2.05) is 57.6 Å². The van der Waals surface area contributed by atoms with Crippen LogP contribution >= 0.6 is 0 Å². The first-order chi connectivity index (χ1) is 17.4. The topological polar surface area (TPSA) is 130 Å². The van der Waals surface area contributed by atoms with E-state index in [2.05, 4.69) is 30.3 Å². The number of aryl methyl sites for hydroxylation is 1. The van der Waals surface area contributed by atoms with Crippen LogP contribution < -0.4 is 9.47 Å². The first kappa shape index (κ1) is 24.0. The fraction of sp³-hybridized carbons (Fsp3) is 0.440. The highest BCUT2D eigenvalue weighted by atomic mass is 16.5. The van der Waals surface area contributed by atoms with Gasteiger partial charge in [0.15, 0.2) is 0 Å². The molecule has 0 fully saturated rings. The van der Waals surface area contributed by atoms with Crippen molar-refractivity contribution in [3.8, 4) is 23.0 Å². The van der Waals surface area contributed by atoms with Crippen molar-refractivity contribution in [2.75, 3.05) is 26.8 Å². The summed E-state index contributed by atoms with van der Waals surface area (Å²) in [7, 11) is 2.03. The smallest absolute Gasteiger partial charge is 0.242 e. The zero-order valence-electron chi connectivity index (χ0n) is 21.2. The van der Waals surface area contributed by atoms with Crippen molar-refractivity contribution in [2.24, 2.45) is 0 Å². The second-order valence-electron chi connectivity index (χ2n) is 9.29. The maximum absolute atomic E-state index is 9.91. The lowest BCUT2D eigenvalue weighted by Gasteiger charge is -2.23. The van der Waals surface area contributed by atoms with Crippen LogP contribution in [0.5, 0.6) is 11.8 Å². The lowest BCUT2D eigenvalue weighted by atomic mass is 10.1. The molecule has 4 aromatic rings. The number of hydrogen-bond donors (Lipinski definition) is 3. The van der Waals surface area contributed by atoms with Gasteiger partial charge in [-0.25, -0.2) is 0 Å². The van der Waals surface area contributed by atoms with Crippen LogP contribution in [-0.4, -0.2) is 78.1 Å².